The van der Waals surface area contributed by atoms with Crippen molar-refractivity contribution in [3.05, 3.63) is 40.0 Å². The average molecular weight is 239 g/mol. The normalized spacial score (nSPS) is 8.80. The van der Waals surface area contributed by atoms with Gasteiger partial charge >= 0.3 is 64.0 Å². The molecule has 0 aliphatic carbocycles. The molecule has 0 fully saturated rings. The Kier molecular flexibility index (Phi) is 7.12. The summed E-state index contributed by atoms with van der Waals surface area (Å²) in [6.07, 6.45) is 0. The Morgan fingerprint density at radius 1 is 1.13 bits per heavy atom. The van der Waals surface area contributed by atoms with Gasteiger partial charge in [0.05, 0.1) is 4.88 Å². The van der Waals surface area contributed by atoms with Crippen LogP contribution in [-0.4, -0.2) is 10.1 Å². The third-order valence-corrected chi connectivity index (χ3v) is 2.59. The van der Waals surface area contributed by atoms with Crippen LogP contribution in [0.15, 0.2) is 35.1 Å². The van der Waals surface area contributed by atoms with Crippen molar-refractivity contribution in [2.45, 2.75) is 0 Å². The number of rotatable bonds is 1. The molecule has 2 N–H and O–H groups in total. The SMILES string of the molecule is O=c1[nH]c(O)c(-c2ccccc2)s1.[Na+].[Na+]. The van der Waals surface area contributed by atoms with Gasteiger partial charge in [-0.1, -0.05) is 41.7 Å². The van der Waals surface area contributed by atoms with Crippen LogP contribution in [0.25, 0.3) is 10.4 Å². The fraction of sp³-hybridized carbons (Fsp3) is 0. The van der Waals surface area contributed by atoms with Crippen molar-refractivity contribution < 1.29 is 64.2 Å². The van der Waals surface area contributed by atoms with E-state index in [1.165, 1.54) is 0 Å². The summed E-state index contributed by atoms with van der Waals surface area (Å²) < 4.78 is 0. The zero-order valence-electron chi connectivity index (χ0n) is 8.65. The first-order chi connectivity index (χ1) is 6.27. The van der Waals surface area contributed by atoms with E-state index < -0.39 is 0 Å². The minimum atomic E-state index is -0.239. The molecule has 0 aliphatic rings. The minimum absolute atomic E-state index is 0. The maximum absolute atomic E-state index is 10.9. The molecule has 66 valence electrons. The van der Waals surface area contributed by atoms with Crippen molar-refractivity contribution in [1.82, 2.24) is 4.98 Å². The molecule has 2 aromatic rings. The van der Waals surface area contributed by atoms with Crippen molar-refractivity contribution in [2.24, 2.45) is 0 Å². The summed E-state index contributed by atoms with van der Waals surface area (Å²) in [7, 11) is 0. The van der Waals surface area contributed by atoms with Crippen molar-refractivity contribution >= 4 is 11.3 Å². The molecule has 3 nitrogen and oxygen atoms in total. The smallest absolute Gasteiger partial charge is 0.493 e. The Morgan fingerprint density at radius 3 is 2.20 bits per heavy atom. The Morgan fingerprint density at radius 2 is 1.73 bits per heavy atom. The Balaban J connectivity index is 0.000000980. The summed E-state index contributed by atoms with van der Waals surface area (Å²) in [5, 5.41) is 9.34. The van der Waals surface area contributed by atoms with E-state index >= 15 is 0 Å². The summed E-state index contributed by atoms with van der Waals surface area (Å²) in [4.78, 5) is 13.6. The number of thiazole rings is 1. The van der Waals surface area contributed by atoms with E-state index in [0.717, 1.165) is 16.9 Å². The van der Waals surface area contributed by atoms with E-state index in [2.05, 4.69) is 4.98 Å². The number of benzene rings is 1. The van der Waals surface area contributed by atoms with Crippen LogP contribution in [0.3, 0.4) is 0 Å². The quantitative estimate of drug-likeness (QED) is 0.496. The maximum atomic E-state index is 10.9. The van der Waals surface area contributed by atoms with E-state index in [4.69, 9.17) is 0 Å². The van der Waals surface area contributed by atoms with Crippen molar-refractivity contribution in [3.8, 4) is 16.3 Å². The van der Waals surface area contributed by atoms with Gasteiger partial charge in [-0.25, -0.2) is 0 Å². The first-order valence-corrected chi connectivity index (χ1v) is 4.56. The molecule has 0 saturated carbocycles. The molecular weight excluding hydrogens is 232 g/mol. The molecule has 2 rings (SSSR count). The second kappa shape index (κ2) is 6.91. The molecule has 0 unspecified atom stereocenters. The third kappa shape index (κ3) is 3.75. The zero-order valence-corrected chi connectivity index (χ0v) is 13.5. The number of nitrogens with one attached hydrogen (secondary N) is 1. The van der Waals surface area contributed by atoms with Gasteiger partial charge in [0.25, 0.3) is 0 Å². The van der Waals surface area contributed by atoms with Crippen LogP contribution in [-0.2, 0) is 0 Å². The molecule has 6 heteroatoms. The number of aromatic amines is 1. The Hall–Kier alpha value is 0.450. The van der Waals surface area contributed by atoms with Crippen molar-refractivity contribution in [1.29, 1.82) is 0 Å². The number of hydrogen-bond donors (Lipinski definition) is 2. The average Bonchev–Trinajstić information content (AvgIpc) is 2.47. The predicted octanol–water partition coefficient (Wildman–Crippen LogP) is -4.18. The van der Waals surface area contributed by atoms with Gasteiger partial charge in [0.2, 0.25) is 5.88 Å². The minimum Gasteiger partial charge on any atom is -0.493 e. The van der Waals surface area contributed by atoms with Gasteiger partial charge in [-0.3, -0.25) is 9.78 Å². The molecule has 15 heavy (non-hydrogen) atoms. The van der Waals surface area contributed by atoms with Gasteiger partial charge in [0.15, 0.2) is 0 Å². The molecule has 0 amide bonds. The standard InChI is InChI=1S/C9H7NO2S.2Na/c11-8-7(13-9(12)10-8)6-4-2-1-3-5-6;;/h1-5,11H,(H,10,12);;/q;2*+1. The van der Waals surface area contributed by atoms with Gasteiger partial charge in [0, 0.05) is 0 Å². The first kappa shape index (κ1) is 15.5. The number of H-pyrrole nitrogens is 1. The first-order valence-electron chi connectivity index (χ1n) is 3.75. The molecule has 0 spiro atoms. The van der Waals surface area contributed by atoms with Crippen LogP contribution >= 0.6 is 11.3 Å². The molecule has 0 radical (unpaired) electrons. The molecule has 1 aromatic carbocycles. The van der Waals surface area contributed by atoms with Crippen LogP contribution in [0.5, 0.6) is 5.88 Å². The van der Waals surface area contributed by atoms with Crippen LogP contribution < -0.4 is 64.0 Å². The zero-order chi connectivity index (χ0) is 9.26. The van der Waals surface area contributed by atoms with Gasteiger partial charge in [-0.05, 0) is 5.56 Å². The van der Waals surface area contributed by atoms with E-state index in [1.807, 2.05) is 30.3 Å². The summed E-state index contributed by atoms with van der Waals surface area (Å²) in [6.45, 7) is 0. The van der Waals surface area contributed by atoms with Gasteiger partial charge < -0.3 is 5.11 Å². The largest absolute Gasteiger partial charge is 1.00 e. The maximum Gasteiger partial charge on any atom is 1.00 e. The molecule has 0 aliphatic heterocycles. The fourth-order valence-electron chi connectivity index (χ4n) is 1.11. The van der Waals surface area contributed by atoms with Crippen molar-refractivity contribution in [2.75, 3.05) is 0 Å². The summed E-state index contributed by atoms with van der Waals surface area (Å²) >= 11 is 1.01. The van der Waals surface area contributed by atoms with Crippen LogP contribution in [0.2, 0.25) is 0 Å². The fourth-order valence-corrected chi connectivity index (χ4v) is 1.84. The van der Waals surface area contributed by atoms with Crippen molar-refractivity contribution in [3.63, 3.8) is 0 Å². The summed E-state index contributed by atoms with van der Waals surface area (Å²) in [5.41, 5.74) is 0.850. The van der Waals surface area contributed by atoms with Gasteiger partial charge in [-0.15, -0.1) is 0 Å². The Bertz CT molecular complexity index is 466. The van der Waals surface area contributed by atoms with Gasteiger partial charge in [0.1, 0.15) is 0 Å². The molecule has 1 heterocycles. The second-order valence-electron chi connectivity index (χ2n) is 2.56. The second-order valence-corrected chi connectivity index (χ2v) is 3.54. The Labute approximate surface area is 135 Å². The predicted molar refractivity (Wildman–Crippen MR) is 52.0 cm³/mol. The topological polar surface area (TPSA) is 53.1 Å². The van der Waals surface area contributed by atoms with E-state index in [1.54, 1.807) is 0 Å². The molecular formula is C9H7NNa2O2S+2. The van der Waals surface area contributed by atoms with E-state index in [-0.39, 0.29) is 69.9 Å². The van der Waals surface area contributed by atoms with Crippen LogP contribution in [0.1, 0.15) is 0 Å². The number of hydrogen-bond acceptors (Lipinski definition) is 3. The molecule has 1 aromatic heterocycles. The van der Waals surface area contributed by atoms with Gasteiger partial charge in [-0.2, -0.15) is 0 Å². The monoisotopic (exact) mass is 239 g/mol. The number of aromatic nitrogens is 1. The summed E-state index contributed by atoms with van der Waals surface area (Å²) in [6, 6.07) is 9.30. The molecule has 0 saturated heterocycles. The van der Waals surface area contributed by atoms with E-state index in [0.29, 0.717) is 4.88 Å². The number of aromatic hydroxyl groups is 1. The van der Waals surface area contributed by atoms with Crippen LogP contribution in [0, 0.1) is 0 Å². The molecule has 0 bridgehead atoms. The van der Waals surface area contributed by atoms with E-state index in [9.17, 15) is 9.90 Å². The molecule has 0 atom stereocenters. The summed E-state index contributed by atoms with van der Waals surface area (Å²) in [5.74, 6) is -0.0544. The third-order valence-electron chi connectivity index (χ3n) is 1.67. The van der Waals surface area contributed by atoms with Crippen LogP contribution in [0.4, 0.5) is 0 Å².